The maximum Gasteiger partial charge on any atom is 0.336 e. The van der Waals surface area contributed by atoms with Crippen LogP contribution in [-0.4, -0.2) is 5.97 Å². The Balaban J connectivity index is 1.47. The van der Waals surface area contributed by atoms with Crippen LogP contribution in [0.25, 0.3) is 16.8 Å². The van der Waals surface area contributed by atoms with E-state index in [1.165, 1.54) is 6.08 Å². The summed E-state index contributed by atoms with van der Waals surface area (Å²) in [7, 11) is 0. The molecule has 4 aromatic carbocycles. The molecule has 35 heavy (non-hydrogen) atoms. The second kappa shape index (κ2) is 9.38. The summed E-state index contributed by atoms with van der Waals surface area (Å²) >= 11 is 5.89. The number of nitrogens with zero attached hydrogens (tertiary/aromatic N) is 1. The summed E-state index contributed by atoms with van der Waals surface area (Å²) in [4.78, 5) is 12.4. The zero-order valence-corrected chi connectivity index (χ0v) is 19.2. The Morgan fingerprint density at radius 2 is 1.77 bits per heavy atom. The van der Waals surface area contributed by atoms with Crippen molar-refractivity contribution >= 4 is 34.4 Å². The lowest BCUT2D eigenvalue weighted by atomic mass is 9.81. The molecule has 1 aliphatic rings. The minimum Gasteiger partial charge on any atom is -0.440 e. The Hall–Kier alpha value is -4.53. The summed E-state index contributed by atoms with van der Waals surface area (Å²) in [5.41, 5.74) is 9.03. The van der Waals surface area contributed by atoms with Crippen LogP contribution in [0.2, 0.25) is 5.02 Å². The Morgan fingerprint density at radius 1 is 1.00 bits per heavy atom. The van der Waals surface area contributed by atoms with Crippen molar-refractivity contribution in [1.82, 2.24) is 0 Å². The van der Waals surface area contributed by atoms with Crippen LogP contribution in [0.4, 0.5) is 0 Å². The normalized spacial score (nSPS) is 14.9. The van der Waals surface area contributed by atoms with Gasteiger partial charge in [0.05, 0.1) is 5.92 Å². The number of allylic oxidation sites excluding steroid dienone is 1. The van der Waals surface area contributed by atoms with Gasteiger partial charge in [-0.2, -0.15) is 5.26 Å². The molecular formula is C29H19ClN2O3. The first-order valence-electron chi connectivity index (χ1n) is 10.9. The summed E-state index contributed by atoms with van der Waals surface area (Å²) in [5.74, 6) is -0.179. The molecule has 0 radical (unpaired) electrons. The van der Waals surface area contributed by atoms with Gasteiger partial charge in [-0.3, -0.25) is 0 Å². The van der Waals surface area contributed by atoms with Crippen molar-refractivity contribution in [2.75, 3.05) is 0 Å². The quantitative estimate of drug-likeness (QED) is 0.210. The standard InChI is InChI=1S/C29H19ClN2O3/c30-20-11-8-18(9-12-20)10-15-27(33)34-21-13-14-24-26(16-21)35-29(32)25(17-31)28(24)23-7-3-5-19-4-1-2-6-22(19)23/h1-16,28H,32H2/b15-10+. The fourth-order valence-electron chi connectivity index (χ4n) is 4.21. The second-order valence-corrected chi connectivity index (χ2v) is 8.44. The Labute approximate surface area is 207 Å². The molecule has 1 heterocycles. The molecule has 1 aliphatic heterocycles. The van der Waals surface area contributed by atoms with Crippen molar-refractivity contribution in [2.24, 2.45) is 5.73 Å². The molecule has 0 fully saturated rings. The minimum atomic E-state index is -0.539. The third-order valence-corrected chi connectivity index (χ3v) is 6.08. The molecule has 4 aromatic rings. The number of fused-ring (bicyclic) bond motifs is 2. The van der Waals surface area contributed by atoms with Gasteiger partial charge in [0, 0.05) is 22.7 Å². The molecule has 0 saturated carbocycles. The van der Waals surface area contributed by atoms with E-state index in [0.717, 1.165) is 27.5 Å². The lowest BCUT2D eigenvalue weighted by Gasteiger charge is -2.27. The smallest absolute Gasteiger partial charge is 0.336 e. The predicted molar refractivity (Wildman–Crippen MR) is 136 cm³/mol. The Morgan fingerprint density at radius 3 is 2.57 bits per heavy atom. The summed E-state index contributed by atoms with van der Waals surface area (Å²) in [5, 5.41) is 12.6. The van der Waals surface area contributed by atoms with Crippen molar-refractivity contribution in [1.29, 1.82) is 5.26 Å². The van der Waals surface area contributed by atoms with E-state index in [9.17, 15) is 10.1 Å². The van der Waals surface area contributed by atoms with Crippen LogP contribution in [0.3, 0.4) is 0 Å². The number of nitrogens with two attached hydrogens (primary N) is 1. The number of hydrogen-bond acceptors (Lipinski definition) is 5. The average Bonchev–Trinajstić information content (AvgIpc) is 2.87. The van der Waals surface area contributed by atoms with Gasteiger partial charge in [-0.25, -0.2) is 4.79 Å². The largest absolute Gasteiger partial charge is 0.440 e. The van der Waals surface area contributed by atoms with Crippen LogP contribution in [0.1, 0.15) is 22.6 Å². The van der Waals surface area contributed by atoms with Crippen LogP contribution in [-0.2, 0) is 4.79 Å². The summed E-state index contributed by atoms with van der Waals surface area (Å²) in [6, 6.07) is 28.4. The lowest BCUT2D eigenvalue weighted by Crippen LogP contribution is -2.21. The topological polar surface area (TPSA) is 85.3 Å². The highest BCUT2D eigenvalue weighted by atomic mass is 35.5. The van der Waals surface area contributed by atoms with Crippen molar-refractivity contribution in [3.63, 3.8) is 0 Å². The molecule has 5 rings (SSSR count). The number of carbonyl (C=O) groups is 1. The molecule has 0 aromatic heterocycles. The minimum absolute atomic E-state index is 0.0315. The van der Waals surface area contributed by atoms with Gasteiger partial charge >= 0.3 is 5.97 Å². The van der Waals surface area contributed by atoms with E-state index in [1.54, 1.807) is 48.5 Å². The van der Waals surface area contributed by atoms with Crippen LogP contribution < -0.4 is 15.2 Å². The van der Waals surface area contributed by atoms with Crippen molar-refractivity contribution < 1.29 is 14.3 Å². The maximum atomic E-state index is 12.4. The van der Waals surface area contributed by atoms with Crippen LogP contribution >= 0.6 is 11.6 Å². The number of benzene rings is 4. The van der Waals surface area contributed by atoms with E-state index in [4.69, 9.17) is 26.8 Å². The molecule has 0 spiro atoms. The van der Waals surface area contributed by atoms with Gasteiger partial charge in [0.2, 0.25) is 5.88 Å². The highest BCUT2D eigenvalue weighted by Gasteiger charge is 2.32. The van der Waals surface area contributed by atoms with Gasteiger partial charge in [0.15, 0.2) is 0 Å². The Kier molecular flexibility index (Phi) is 5.97. The van der Waals surface area contributed by atoms with E-state index in [0.29, 0.717) is 22.1 Å². The van der Waals surface area contributed by atoms with Crippen molar-refractivity contribution in [3.05, 3.63) is 124 Å². The predicted octanol–water partition coefficient (Wildman–Crippen LogP) is 6.33. The first-order valence-corrected chi connectivity index (χ1v) is 11.3. The molecule has 1 atom stereocenters. The SMILES string of the molecule is N#CC1=C(N)Oc2cc(OC(=O)/C=C/c3ccc(Cl)cc3)ccc2C1c1cccc2ccccc12. The molecule has 0 aliphatic carbocycles. The Bertz CT molecular complexity index is 1540. The summed E-state index contributed by atoms with van der Waals surface area (Å²) in [6.45, 7) is 0. The first kappa shape index (κ1) is 22.3. The first-order chi connectivity index (χ1) is 17.0. The molecular weight excluding hydrogens is 460 g/mol. The third kappa shape index (κ3) is 4.48. The number of esters is 1. The van der Waals surface area contributed by atoms with E-state index in [2.05, 4.69) is 6.07 Å². The number of nitriles is 1. The number of rotatable bonds is 4. The maximum absolute atomic E-state index is 12.4. The van der Waals surface area contributed by atoms with E-state index in [-0.39, 0.29) is 5.88 Å². The van der Waals surface area contributed by atoms with Gasteiger partial charge < -0.3 is 15.2 Å². The average molecular weight is 479 g/mol. The van der Waals surface area contributed by atoms with Crippen molar-refractivity contribution in [2.45, 2.75) is 5.92 Å². The van der Waals surface area contributed by atoms with E-state index in [1.807, 2.05) is 42.5 Å². The van der Waals surface area contributed by atoms with Crippen LogP contribution in [0.5, 0.6) is 11.5 Å². The van der Waals surface area contributed by atoms with Gasteiger partial charge in [0.25, 0.3) is 0 Å². The van der Waals surface area contributed by atoms with Crippen LogP contribution in [0.15, 0.2) is 102 Å². The monoisotopic (exact) mass is 478 g/mol. The summed E-state index contributed by atoms with van der Waals surface area (Å²) < 4.78 is 11.2. The fraction of sp³-hybridized carbons (Fsp3) is 0.0345. The zero-order valence-electron chi connectivity index (χ0n) is 18.4. The van der Waals surface area contributed by atoms with E-state index < -0.39 is 11.9 Å². The molecule has 0 amide bonds. The molecule has 6 heteroatoms. The number of hydrogen-bond donors (Lipinski definition) is 1. The van der Waals surface area contributed by atoms with Gasteiger partial charge in [-0.15, -0.1) is 0 Å². The second-order valence-electron chi connectivity index (χ2n) is 8.00. The molecule has 0 saturated heterocycles. The molecule has 5 nitrogen and oxygen atoms in total. The summed E-state index contributed by atoms with van der Waals surface area (Å²) in [6.07, 6.45) is 2.98. The van der Waals surface area contributed by atoms with Gasteiger partial charge in [-0.05, 0) is 46.2 Å². The van der Waals surface area contributed by atoms with E-state index >= 15 is 0 Å². The lowest BCUT2D eigenvalue weighted by molar-refractivity contribution is -0.128. The number of halogens is 1. The van der Waals surface area contributed by atoms with Gasteiger partial charge in [0.1, 0.15) is 23.1 Å². The number of ether oxygens (including phenoxy) is 2. The molecule has 1 unspecified atom stereocenters. The molecule has 0 bridgehead atoms. The highest BCUT2D eigenvalue weighted by molar-refractivity contribution is 6.30. The highest BCUT2D eigenvalue weighted by Crippen LogP contribution is 2.45. The third-order valence-electron chi connectivity index (χ3n) is 5.83. The molecule has 2 N–H and O–H groups in total. The fourth-order valence-corrected chi connectivity index (χ4v) is 4.34. The van der Waals surface area contributed by atoms with Gasteiger partial charge in [-0.1, -0.05) is 72.3 Å². The van der Waals surface area contributed by atoms with Crippen LogP contribution in [0, 0.1) is 11.3 Å². The van der Waals surface area contributed by atoms with Crippen molar-refractivity contribution in [3.8, 4) is 17.6 Å². The molecule has 170 valence electrons. The zero-order chi connectivity index (χ0) is 24.4. The number of carbonyl (C=O) groups excluding carboxylic acids is 1.